The zero-order chi connectivity index (χ0) is 22.4. The Labute approximate surface area is 213 Å². The van der Waals surface area contributed by atoms with Crippen LogP contribution in [0.3, 0.4) is 0 Å². The number of hydrogen-bond acceptors (Lipinski definition) is 4. The van der Waals surface area contributed by atoms with Crippen LogP contribution in [0.25, 0.3) is 0 Å². The van der Waals surface area contributed by atoms with Gasteiger partial charge >= 0.3 is 0 Å². The van der Waals surface area contributed by atoms with E-state index in [4.69, 9.17) is 9.47 Å². The number of fused-ring (bicyclic) bond motifs is 1. The van der Waals surface area contributed by atoms with E-state index < -0.39 is 0 Å². The first-order chi connectivity index (χ1) is 15.0. The first-order valence-corrected chi connectivity index (χ1v) is 13.3. The molecule has 1 heterocycles. The number of carbonyl (C=O) groups is 1. The lowest BCUT2D eigenvalue weighted by Crippen LogP contribution is -2.28. The number of benzene rings is 1. The fourth-order valence-electron chi connectivity index (χ4n) is 3.98. The molecule has 0 fully saturated rings. The highest BCUT2D eigenvalue weighted by Crippen LogP contribution is 2.42. The van der Waals surface area contributed by atoms with Crippen LogP contribution >= 0.6 is 45.2 Å². The molecule has 0 saturated heterocycles. The molecule has 0 spiro atoms. The molecule has 31 heavy (non-hydrogen) atoms. The van der Waals surface area contributed by atoms with Crippen LogP contribution in [-0.2, 0) is 4.74 Å². The lowest BCUT2D eigenvalue weighted by Gasteiger charge is -2.19. The van der Waals surface area contributed by atoms with Gasteiger partial charge < -0.3 is 14.4 Å². The van der Waals surface area contributed by atoms with Gasteiger partial charge in [-0.1, -0.05) is 39.3 Å². The van der Waals surface area contributed by atoms with E-state index in [9.17, 15) is 4.79 Å². The molecule has 4 nitrogen and oxygen atoms in total. The maximum absolute atomic E-state index is 13.6. The number of rotatable bonds is 11. The highest BCUT2D eigenvalue weighted by molar-refractivity contribution is 14.1. The van der Waals surface area contributed by atoms with Crippen LogP contribution in [0.4, 0.5) is 0 Å². The first-order valence-electron chi connectivity index (χ1n) is 11.2. The Bertz CT molecular complexity index is 877. The van der Waals surface area contributed by atoms with Gasteiger partial charge in [0.1, 0.15) is 23.9 Å². The Kier molecular flexibility index (Phi) is 9.46. The largest absolute Gasteiger partial charge is 0.490 e. The van der Waals surface area contributed by atoms with Crippen LogP contribution in [0.5, 0.6) is 5.75 Å². The second kappa shape index (κ2) is 11.8. The van der Waals surface area contributed by atoms with Crippen LogP contribution in [0.2, 0.25) is 0 Å². The van der Waals surface area contributed by atoms with Crippen molar-refractivity contribution in [3.63, 3.8) is 0 Å². The van der Waals surface area contributed by atoms with Gasteiger partial charge in [0.05, 0.1) is 13.1 Å². The summed E-state index contributed by atoms with van der Waals surface area (Å²) in [4.78, 5) is 16.0. The predicted octanol–water partition coefficient (Wildman–Crippen LogP) is 6.73. The summed E-state index contributed by atoms with van der Waals surface area (Å²) in [5, 5.41) is 0. The summed E-state index contributed by atoms with van der Waals surface area (Å²) in [7, 11) is 0. The second-order valence-electron chi connectivity index (χ2n) is 7.80. The van der Waals surface area contributed by atoms with Crippen LogP contribution in [0.1, 0.15) is 56.8 Å². The minimum atomic E-state index is 0.0460. The molecule has 6 heteroatoms. The lowest BCUT2D eigenvalue weighted by atomic mass is 9.86. The Morgan fingerprint density at radius 2 is 1.90 bits per heavy atom. The molecule has 0 amide bonds. The van der Waals surface area contributed by atoms with Gasteiger partial charge in [-0.2, -0.15) is 0 Å². The van der Waals surface area contributed by atoms with Crippen LogP contribution in [0, 0.1) is 13.1 Å². The fraction of sp³-hybridized carbons (Fsp3) is 0.480. The van der Waals surface area contributed by atoms with E-state index in [1.54, 1.807) is 0 Å². The summed E-state index contributed by atoms with van der Waals surface area (Å²) >= 11 is 4.57. The minimum Gasteiger partial charge on any atom is -0.490 e. The zero-order valence-corrected chi connectivity index (χ0v) is 22.9. The topological polar surface area (TPSA) is 38.8 Å². The van der Waals surface area contributed by atoms with Crippen molar-refractivity contribution in [3.8, 4) is 5.75 Å². The third-order valence-corrected chi connectivity index (χ3v) is 7.42. The van der Waals surface area contributed by atoms with Crippen LogP contribution in [0.15, 0.2) is 47.5 Å². The number of hydrogen-bond donors (Lipinski definition) is 0. The fourth-order valence-corrected chi connectivity index (χ4v) is 6.06. The van der Waals surface area contributed by atoms with Crippen LogP contribution < -0.4 is 4.74 Å². The molecule has 0 saturated carbocycles. The average Bonchev–Trinajstić information content (AvgIpc) is 3.14. The molecule has 1 aromatic rings. The van der Waals surface area contributed by atoms with E-state index in [1.165, 1.54) is 0 Å². The summed E-state index contributed by atoms with van der Waals surface area (Å²) in [6.45, 7) is 10.1. The van der Waals surface area contributed by atoms with Gasteiger partial charge in [-0.3, -0.25) is 4.79 Å². The number of halogens is 2. The summed E-state index contributed by atoms with van der Waals surface area (Å²) in [5.74, 6) is 2.77. The lowest BCUT2D eigenvalue weighted by molar-refractivity contribution is 0.102. The minimum absolute atomic E-state index is 0.0460. The van der Waals surface area contributed by atoms with Gasteiger partial charge in [-0.25, -0.2) is 0 Å². The number of ketones is 1. The van der Waals surface area contributed by atoms with Gasteiger partial charge in [0.2, 0.25) is 0 Å². The molecule has 3 rings (SSSR count). The Morgan fingerprint density at radius 1 is 1.19 bits per heavy atom. The first kappa shape index (κ1) is 24.8. The van der Waals surface area contributed by atoms with E-state index >= 15 is 0 Å². The predicted molar refractivity (Wildman–Crippen MR) is 142 cm³/mol. The Hall–Kier alpha value is -0.870. The van der Waals surface area contributed by atoms with Crippen molar-refractivity contribution in [2.45, 2.75) is 46.5 Å². The molecule has 0 bridgehead atoms. The highest BCUT2D eigenvalue weighted by Gasteiger charge is 2.36. The number of Topliss-reactive ketones (excluding diaryl/α,β-unsaturated/α-hetero) is 1. The molecule has 2 aliphatic rings. The SMILES string of the molecule is CCCCC1=C(C(=O)c2cc(I)c(OCCN(CC)CC)c(I)c2)C2CC=CC=C2O1. The van der Waals surface area contributed by atoms with Crippen molar-refractivity contribution in [2.75, 3.05) is 26.2 Å². The average molecular weight is 647 g/mol. The van der Waals surface area contributed by atoms with Gasteiger partial charge in [-0.15, -0.1) is 0 Å². The molecule has 1 aliphatic carbocycles. The Morgan fingerprint density at radius 3 is 2.55 bits per heavy atom. The van der Waals surface area contributed by atoms with Gasteiger partial charge in [0.15, 0.2) is 5.78 Å². The maximum Gasteiger partial charge on any atom is 0.193 e. The number of likely N-dealkylation sites (N-methyl/N-ethyl adjacent to an activating group) is 1. The van der Waals surface area contributed by atoms with Crippen LogP contribution in [-0.4, -0.2) is 36.9 Å². The van der Waals surface area contributed by atoms with E-state index in [-0.39, 0.29) is 11.7 Å². The van der Waals surface area contributed by atoms with Gasteiger partial charge in [0.25, 0.3) is 0 Å². The van der Waals surface area contributed by atoms with Gasteiger partial charge in [-0.05, 0) is 89.3 Å². The quantitative estimate of drug-likeness (QED) is 0.197. The zero-order valence-electron chi connectivity index (χ0n) is 18.5. The smallest absolute Gasteiger partial charge is 0.193 e. The van der Waals surface area contributed by atoms with Crippen molar-refractivity contribution in [1.29, 1.82) is 0 Å². The van der Waals surface area contributed by atoms with Crippen molar-refractivity contribution < 1.29 is 14.3 Å². The third-order valence-electron chi connectivity index (χ3n) is 5.81. The molecular weight excluding hydrogens is 616 g/mol. The number of nitrogens with zero attached hydrogens (tertiary/aromatic N) is 1. The maximum atomic E-state index is 13.6. The molecule has 0 N–H and O–H groups in total. The molecular formula is C25H31I2NO3. The summed E-state index contributed by atoms with van der Waals surface area (Å²) in [6.07, 6.45) is 9.87. The second-order valence-corrected chi connectivity index (χ2v) is 10.1. The van der Waals surface area contributed by atoms with Gasteiger partial charge in [0, 0.05) is 24.1 Å². The van der Waals surface area contributed by atoms with Crippen molar-refractivity contribution >= 4 is 51.0 Å². The van der Waals surface area contributed by atoms with E-state index in [1.807, 2.05) is 24.3 Å². The number of ether oxygens (including phenoxy) is 2. The standard InChI is InChI=1S/C25H31I2NO3/c1-4-7-11-22-23(18-10-8-9-12-21(18)31-22)24(29)17-15-19(26)25(20(27)16-17)30-14-13-28(5-2)6-3/h8-9,12,15-16,18H,4-7,10-11,13-14H2,1-3H3. The molecule has 168 valence electrons. The number of carbonyl (C=O) groups excluding carboxylic acids is 1. The normalized spacial score (nSPS) is 17.6. The highest BCUT2D eigenvalue weighted by atomic mass is 127. The summed E-state index contributed by atoms with van der Waals surface area (Å²) in [6, 6.07) is 3.92. The summed E-state index contributed by atoms with van der Waals surface area (Å²) in [5.41, 5.74) is 1.55. The Balaban J connectivity index is 1.82. The van der Waals surface area contributed by atoms with Crippen molar-refractivity contribution in [3.05, 3.63) is 60.2 Å². The number of allylic oxidation sites excluding steroid dienone is 5. The van der Waals surface area contributed by atoms with E-state index in [2.05, 4.69) is 76.9 Å². The molecule has 0 aromatic heterocycles. The van der Waals surface area contributed by atoms with E-state index in [0.29, 0.717) is 12.2 Å². The molecule has 1 unspecified atom stereocenters. The summed E-state index contributed by atoms with van der Waals surface area (Å²) < 4.78 is 14.2. The molecule has 1 aliphatic heterocycles. The molecule has 1 aromatic carbocycles. The van der Waals surface area contributed by atoms with Crippen molar-refractivity contribution in [1.82, 2.24) is 4.90 Å². The molecule has 0 radical (unpaired) electrons. The molecule has 1 atom stereocenters. The van der Waals surface area contributed by atoms with E-state index in [0.717, 1.165) is 75.3 Å². The third kappa shape index (κ3) is 5.93. The number of unbranched alkanes of at least 4 members (excludes halogenated alkanes) is 1. The monoisotopic (exact) mass is 647 g/mol. The van der Waals surface area contributed by atoms with Crippen molar-refractivity contribution in [2.24, 2.45) is 5.92 Å².